The average Bonchev–Trinajstić information content (AvgIpc) is 2.90. The highest BCUT2D eigenvalue weighted by molar-refractivity contribution is 5.86. The van der Waals surface area contributed by atoms with Crippen molar-refractivity contribution in [2.45, 2.75) is 51.7 Å². The summed E-state index contributed by atoms with van der Waals surface area (Å²) in [6.07, 6.45) is 3.93. The molecule has 1 atom stereocenters. The molecule has 4 rings (SSSR count). The molecule has 1 saturated heterocycles. The van der Waals surface area contributed by atoms with Gasteiger partial charge < -0.3 is 14.2 Å². The molecule has 128 valence electrons. The van der Waals surface area contributed by atoms with Crippen LogP contribution < -0.4 is 0 Å². The number of fused-ring (bicyclic) bond motifs is 3. The monoisotopic (exact) mass is 326 g/mol. The Hall–Kier alpha value is -1.81. The number of piperidine rings is 1. The van der Waals surface area contributed by atoms with Crippen molar-refractivity contribution in [2.24, 2.45) is 0 Å². The van der Waals surface area contributed by atoms with E-state index in [1.807, 2.05) is 4.90 Å². The normalized spacial score (nSPS) is 24.2. The standard InChI is InChI=1S/C20H26N2O2/c1-15-16-8-4-5-9-17(16)22-12-13-24-20(2,19(15)22)14-18(23)21-10-6-3-7-11-21/h4-5,8-9H,3,6-7,10-14H2,1-2H3. The Morgan fingerprint density at radius 1 is 1.17 bits per heavy atom. The van der Waals surface area contributed by atoms with Crippen molar-refractivity contribution in [3.63, 3.8) is 0 Å². The fourth-order valence-electron chi connectivity index (χ4n) is 4.50. The second-order valence-electron chi connectivity index (χ2n) is 7.34. The molecule has 4 nitrogen and oxygen atoms in total. The first-order valence-electron chi connectivity index (χ1n) is 9.10. The maximum Gasteiger partial charge on any atom is 0.225 e. The molecule has 0 bridgehead atoms. The van der Waals surface area contributed by atoms with Gasteiger partial charge in [-0.25, -0.2) is 0 Å². The van der Waals surface area contributed by atoms with E-state index in [2.05, 4.69) is 42.7 Å². The van der Waals surface area contributed by atoms with E-state index in [1.54, 1.807) is 0 Å². The lowest BCUT2D eigenvalue weighted by Crippen LogP contribution is -2.43. The number of carbonyl (C=O) groups excluding carboxylic acids is 1. The van der Waals surface area contributed by atoms with Crippen molar-refractivity contribution in [3.8, 4) is 0 Å². The van der Waals surface area contributed by atoms with Crippen LogP contribution in [0.2, 0.25) is 0 Å². The van der Waals surface area contributed by atoms with Crippen LogP contribution in [0.15, 0.2) is 24.3 Å². The first-order chi connectivity index (χ1) is 11.6. The predicted octanol–water partition coefficient (Wildman–Crippen LogP) is 3.60. The van der Waals surface area contributed by atoms with Gasteiger partial charge >= 0.3 is 0 Å². The van der Waals surface area contributed by atoms with Gasteiger partial charge in [0.1, 0.15) is 5.60 Å². The third-order valence-electron chi connectivity index (χ3n) is 5.66. The van der Waals surface area contributed by atoms with Gasteiger partial charge in [0.25, 0.3) is 0 Å². The lowest BCUT2D eigenvalue weighted by molar-refractivity contribution is -0.142. The van der Waals surface area contributed by atoms with E-state index in [9.17, 15) is 4.79 Å². The van der Waals surface area contributed by atoms with Gasteiger partial charge in [-0.05, 0) is 44.7 Å². The SMILES string of the molecule is Cc1c2n(c3ccccc13)CCOC2(C)CC(=O)N1CCCCC1. The fraction of sp³-hybridized carbons (Fsp3) is 0.550. The smallest absolute Gasteiger partial charge is 0.225 e. The van der Waals surface area contributed by atoms with Gasteiger partial charge in [-0.1, -0.05) is 18.2 Å². The highest BCUT2D eigenvalue weighted by atomic mass is 16.5. The van der Waals surface area contributed by atoms with Crippen molar-refractivity contribution in [1.82, 2.24) is 9.47 Å². The summed E-state index contributed by atoms with van der Waals surface area (Å²) in [7, 11) is 0. The molecule has 4 heteroatoms. The summed E-state index contributed by atoms with van der Waals surface area (Å²) in [6.45, 7) is 7.57. The van der Waals surface area contributed by atoms with Crippen LogP contribution in [0.1, 0.15) is 43.9 Å². The molecule has 0 N–H and O–H groups in total. The van der Waals surface area contributed by atoms with Crippen molar-refractivity contribution in [1.29, 1.82) is 0 Å². The van der Waals surface area contributed by atoms with Gasteiger partial charge in [-0.15, -0.1) is 0 Å². The van der Waals surface area contributed by atoms with E-state index in [4.69, 9.17) is 4.74 Å². The largest absolute Gasteiger partial charge is 0.367 e. The highest BCUT2D eigenvalue weighted by Crippen LogP contribution is 2.40. The van der Waals surface area contributed by atoms with Crippen LogP contribution >= 0.6 is 0 Å². The van der Waals surface area contributed by atoms with E-state index < -0.39 is 5.60 Å². The molecule has 0 spiro atoms. The number of aryl methyl sites for hydroxylation is 1. The minimum atomic E-state index is -0.532. The Balaban J connectivity index is 1.71. The first kappa shape index (κ1) is 15.7. The molecule has 1 aromatic carbocycles. The second kappa shape index (κ2) is 5.92. The summed E-state index contributed by atoms with van der Waals surface area (Å²) in [5.74, 6) is 0.232. The van der Waals surface area contributed by atoms with Crippen molar-refractivity contribution in [2.75, 3.05) is 19.7 Å². The van der Waals surface area contributed by atoms with Crippen molar-refractivity contribution in [3.05, 3.63) is 35.5 Å². The Kier molecular flexibility index (Phi) is 3.87. The van der Waals surface area contributed by atoms with E-state index in [1.165, 1.54) is 28.6 Å². The average molecular weight is 326 g/mol. The van der Waals surface area contributed by atoms with Gasteiger partial charge in [0.2, 0.25) is 5.91 Å². The molecule has 1 amide bonds. The summed E-state index contributed by atoms with van der Waals surface area (Å²) in [5.41, 5.74) is 3.15. The van der Waals surface area contributed by atoms with E-state index in [0.29, 0.717) is 13.0 Å². The summed E-state index contributed by atoms with van der Waals surface area (Å²) >= 11 is 0. The number of ether oxygens (including phenoxy) is 1. The number of nitrogens with zero attached hydrogens (tertiary/aromatic N) is 2. The number of hydrogen-bond donors (Lipinski definition) is 0. The molecule has 2 aliphatic rings. The number of likely N-dealkylation sites (tertiary alicyclic amines) is 1. The maximum atomic E-state index is 12.8. The van der Waals surface area contributed by atoms with Crippen LogP contribution in [0.25, 0.3) is 10.9 Å². The van der Waals surface area contributed by atoms with Crippen LogP contribution in [0.3, 0.4) is 0 Å². The zero-order valence-corrected chi connectivity index (χ0v) is 14.7. The quantitative estimate of drug-likeness (QED) is 0.845. The molecule has 0 saturated carbocycles. The fourth-order valence-corrected chi connectivity index (χ4v) is 4.50. The van der Waals surface area contributed by atoms with Gasteiger partial charge in [-0.3, -0.25) is 4.79 Å². The van der Waals surface area contributed by atoms with Gasteiger partial charge in [-0.2, -0.15) is 0 Å². The number of amides is 1. The Labute approximate surface area is 143 Å². The Morgan fingerprint density at radius 2 is 1.92 bits per heavy atom. The molecule has 0 radical (unpaired) electrons. The summed E-state index contributed by atoms with van der Waals surface area (Å²) < 4.78 is 8.55. The van der Waals surface area contributed by atoms with Crippen LogP contribution in [0.4, 0.5) is 0 Å². The number of para-hydroxylation sites is 1. The molecular weight excluding hydrogens is 300 g/mol. The molecular formula is C20H26N2O2. The van der Waals surface area contributed by atoms with E-state index >= 15 is 0 Å². The van der Waals surface area contributed by atoms with Crippen LogP contribution in [-0.2, 0) is 21.7 Å². The number of rotatable bonds is 2. The minimum Gasteiger partial charge on any atom is -0.367 e. The topological polar surface area (TPSA) is 34.5 Å². The van der Waals surface area contributed by atoms with E-state index in [0.717, 1.165) is 32.5 Å². The lowest BCUT2D eigenvalue weighted by atomic mass is 9.92. The van der Waals surface area contributed by atoms with Crippen LogP contribution in [-0.4, -0.2) is 35.1 Å². The molecule has 1 unspecified atom stereocenters. The lowest BCUT2D eigenvalue weighted by Gasteiger charge is -2.38. The van der Waals surface area contributed by atoms with Crippen LogP contribution in [0, 0.1) is 6.92 Å². The maximum absolute atomic E-state index is 12.8. The molecule has 0 aliphatic carbocycles. The molecule has 3 heterocycles. The summed E-state index contributed by atoms with van der Waals surface area (Å²) in [6, 6.07) is 8.51. The van der Waals surface area contributed by atoms with Gasteiger partial charge in [0, 0.05) is 30.5 Å². The minimum absolute atomic E-state index is 0.232. The number of hydrogen-bond acceptors (Lipinski definition) is 2. The van der Waals surface area contributed by atoms with Gasteiger partial charge in [0.15, 0.2) is 0 Å². The molecule has 2 aliphatic heterocycles. The zero-order valence-electron chi connectivity index (χ0n) is 14.7. The Morgan fingerprint density at radius 3 is 2.71 bits per heavy atom. The zero-order chi connectivity index (χ0) is 16.7. The Bertz CT molecular complexity index is 773. The number of benzene rings is 1. The third-order valence-corrected chi connectivity index (χ3v) is 5.66. The first-order valence-corrected chi connectivity index (χ1v) is 9.10. The molecule has 2 aromatic rings. The van der Waals surface area contributed by atoms with Crippen molar-refractivity contribution < 1.29 is 9.53 Å². The number of carbonyl (C=O) groups is 1. The molecule has 1 fully saturated rings. The molecule has 24 heavy (non-hydrogen) atoms. The predicted molar refractivity (Wildman–Crippen MR) is 95.0 cm³/mol. The number of aromatic nitrogens is 1. The molecule has 1 aromatic heterocycles. The van der Waals surface area contributed by atoms with Gasteiger partial charge in [0.05, 0.1) is 18.7 Å². The second-order valence-corrected chi connectivity index (χ2v) is 7.34. The third kappa shape index (κ3) is 2.44. The van der Waals surface area contributed by atoms with Crippen molar-refractivity contribution >= 4 is 16.8 Å². The van der Waals surface area contributed by atoms with Crippen LogP contribution in [0.5, 0.6) is 0 Å². The van der Waals surface area contributed by atoms with E-state index in [-0.39, 0.29) is 5.91 Å². The summed E-state index contributed by atoms with van der Waals surface area (Å²) in [4.78, 5) is 14.9. The summed E-state index contributed by atoms with van der Waals surface area (Å²) in [5, 5.41) is 1.27. The highest BCUT2D eigenvalue weighted by Gasteiger charge is 2.39.